The Balaban J connectivity index is 2.42. The van der Waals surface area contributed by atoms with Gasteiger partial charge in [0.2, 0.25) is 0 Å². The summed E-state index contributed by atoms with van der Waals surface area (Å²) in [4.78, 5) is 11.3. The standard InChI is InChI=1S/C17H26O3/c1-9(2)15-14-8-10(3)6-7-13(14)11(4)17(16(15)19)20-12(5)18/h8,11,13-14,16-17,19H,6-7H2,1-5H3/t11-,13-,14+,16-,17+/m1/s1. The third-order valence-corrected chi connectivity index (χ3v) is 4.86. The van der Waals surface area contributed by atoms with Crippen molar-refractivity contribution in [3.05, 3.63) is 22.8 Å². The van der Waals surface area contributed by atoms with Crippen LogP contribution in [0.1, 0.15) is 47.5 Å². The summed E-state index contributed by atoms with van der Waals surface area (Å²) >= 11 is 0. The normalized spacial score (nSPS) is 37.0. The van der Waals surface area contributed by atoms with E-state index in [1.807, 2.05) is 13.8 Å². The number of rotatable bonds is 1. The van der Waals surface area contributed by atoms with Crippen molar-refractivity contribution in [1.82, 2.24) is 0 Å². The zero-order chi connectivity index (χ0) is 15.0. The van der Waals surface area contributed by atoms with E-state index >= 15 is 0 Å². The molecule has 3 heteroatoms. The molecule has 2 aliphatic rings. The van der Waals surface area contributed by atoms with Crippen LogP contribution < -0.4 is 0 Å². The van der Waals surface area contributed by atoms with Crippen LogP contribution in [0.4, 0.5) is 0 Å². The molecule has 0 aromatic heterocycles. The van der Waals surface area contributed by atoms with E-state index in [0.717, 1.165) is 24.0 Å². The number of carbonyl (C=O) groups is 1. The number of ether oxygens (including phenoxy) is 1. The smallest absolute Gasteiger partial charge is 0.303 e. The summed E-state index contributed by atoms with van der Waals surface area (Å²) in [5, 5.41) is 10.7. The Morgan fingerprint density at radius 3 is 2.55 bits per heavy atom. The van der Waals surface area contributed by atoms with E-state index in [1.165, 1.54) is 12.5 Å². The molecule has 5 atom stereocenters. The zero-order valence-electron chi connectivity index (χ0n) is 13.1. The quantitative estimate of drug-likeness (QED) is 0.591. The Hall–Kier alpha value is -1.09. The van der Waals surface area contributed by atoms with Crippen molar-refractivity contribution in [3.8, 4) is 0 Å². The minimum atomic E-state index is -0.678. The largest absolute Gasteiger partial charge is 0.459 e. The Morgan fingerprint density at radius 1 is 1.35 bits per heavy atom. The van der Waals surface area contributed by atoms with E-state index in [0.29, 0.717) is 11.8 Å². The van der Waals surface area contributed by atoms with Gasteiger partial charge in [0.05, 0.1) is 0 Å². The third kappa shape index (κ3) is 2.69. The van der Waals surface area contributed by atoms with E-state index in [2.05, 4.69) is 19.9 Å². The monoisotopic (exact) mass is 278 g/mol. The molecular weight excluding hydrogens is 252 g/mol. The van der Waals surface area contributed by atoms with E-state index in [9.17, 15) is 9.90 Å². The van der Waals surface area contributed by atoms with E-state index in [-0.39, 0.29) is 11.9 Å². The molecule has 0 radical (unpaired) electrons. The van der Waals surface area contributed by atoms with Crippen molar-refractivity contribution < 1.29 is 14.6 Å². The van der Waals surface area contributed by atoms with Gasteiger partial charge in [-0.3, -0.25) is 4.79 Å². The van der Waals surface area contributed by atoms with Gasteiger partial charge in [-0.1, -0.05) is 24.1 Å². The lowest BCUT2D eigenvalue weighted by molar-refractivity contribution is -0.160. The lowest BCUT2D eigenvalue weighted by atomic mass is 9.62. The minimum absolute atomic E-state index is 0.186. The molecule has 0 aliphatic heterocycles. The van der Waals surface area contributed by atoms with Crippen LogP contribution in [0.3, 0.4) is 0 Å². The Kier molecular flexibility index (Phi) is 4.38. The topological polar surface area (TPSA) is 46.5 Å². The SMILES string of the molecule is CC(=O)O[C@H]1[C@H](C)[C@H]2CCC(C)=C[C@@H]2C(=C(C)C)[C@H]1O. The molecule has 0 amide bonds. The summed E-state index contributed by atoms with van der Waals surface area (Å²) < 4.78 is 5.43. The first-order chi connectivity index (χ1) is 9.32. The number of carbonyl (C=O) groups excluding carboxylic acids is 1. The van der Waals surface area contributed by atoms with Crippen molar-refractivity contribution in [2.45, 2.75) is 59.7 Å². The number of fused-ring (bicyclic) bond motifs is 1. The first-order valence-electron chi connectivity index (χ1n) is 7.52. The van der Waals surface area contributed by atoms with E-state index in [4.69, 9.17) is 4.74 Å². The fourth-order valence-electron chi connectivity index (χ4n) is 3.90. The molecule has 0 aromatic carbocycles. The molecule has 0 bridgehead atoms. The van der Waals surface area contributed by atoms with Crippen molar-refractivity contribution in [2.75, 3.05) is 0 Å². The lowest BCUT2D eigenvalue weighted by Crippen LogP contribution is -2.50. The predicted molar refractivity (Wildman–Crippen MR) is 79.1 cm³/mol. The lowest BCUT2D eigenvalue weighted by Gasteiger charge is -2.47. The van der Waals surface area contributed by atoms with Gasteiger partial charge in [0.15, 0.2) is 0 Å². The number of hydrogen-bond donors (Lipinski definition) is 1. The first-order valence-corrected chi connectivity index (χ1v) is 7.52. The summed E-state index contributed by atoms with van der Waals surface area (Å²) in [5.74, 6) is 0.628. The molecule has 0 unspecified atom stereocenters. The summed E-state index contributed by atoms with van der Waals surface area (Å²) in [5.41, 5.74) is 3.59. The molecule has 0 spiro atoms. The molecule has 112 valence electrons. The second kappa shape index (κ2) is 5.72. The highest BCUT2D eigenvalue weighted by atomic mass is 16.6. The minimum Gasteiger partial charge on any atom is -0.459 e. The van der Waals surface area contributed by atoms with Gasteiger partial charge in [-0.25, -0.2) is 0 Å². The van der Waals surface area contributed by atoms with E-state index < -0.39 is 12.2 Å². The average molecular weight is 278 g/mol. The molecule has 3 nitrogen and oxygen atoms in total. The average Bonchev–Trinajstić information content (AvgIpc) is 2.33. The van der Waals surface area contributed by atoms with Crippen LogP contribution >= 0.6 is 0 Å². The summed E-state index contributed by atoms with van der Waals surface area (Å²) in [6.45, 7) is 9.75. The van der Waals surface area contributed by atoms with Crippen molar-refractivity contribution in [1.29, 1.82) is 0 Å². The maximum Gasteiger partial charge on any atom is 0.303 e. The Labute approximate surface area is 121 Å². The Bertz CT molecular complexity index is 457. The maximum atomic E-state index is 11.3. The number of aliphatic hydroxyl groups excluding tert-OH is 1. The van der Waals surface area contributed by atoms with Crippen molar-refractivity contribution in [3.63, 3.8) is 0 Å². The molecule has 1 fully saturated rings. The summed E-state index contributed by atoms with van der Waals surface area (Å²) in [7, 11) is 0. The fourth-order valence-corrected chi connectivity index (χ4v) is 3.90. The van der Waals surface area contributed by atoms with Crippen LogP contribution in [-0.2, 0) is 9.53 Å². The third-order valence-electron chi connectivity index (χ3n) is 4.86. The first kappa shape index (κ1) is 15.3. The van der Waals surface area contributed by atoms with Crippen LogP contribution in [0.2, 0.25) is 0 Å². The number of allylic oxidation sites excluding steroid dienone is 3. The second-order valence-corrected chi connectivity index (χ2v) is 6.57. The van der Waals surface area contributed by atoms with Gasteiger partial charge in [-0.2, -0.15) is 0 Å². The van der Waals surface area contributed by atoms with Gasteiger partial charge in [0.25, 0.3) is 0 Å². The molecule has 2 aliphatic carbocycles. The van der Waals surface area contributed by atoms with Crippen molar-refractivity contribution >= 4 is 5.97 Å². The van der Waals surface area contributed by atoms with Gasteiger partial charge in [-0.15, -0.1) is 0 Å². The number of aliphatic hydroxyl groups is 1. The fraction of sp³-hybridized carbons (Fsp3) is 0.706. The molecule has 1 N–H and O–H groups in total. The summed E-state index contributed by atoms with van der Waals surface area (Å²) in [6.07, 6.45) is 3.42. The Morgan fingerprint density at radius 2 is 2.00 bits per heavy atom. The molecule has 2 rings (SSSR count). The molecular formula is C17H26O3. The highest BCUT2D eigenvalue weighted by molar-refractivity contribution is 5.66. The number of hydrogen-bond acceptors (Lipinski definition) is 3. The zero-order valence-corrected chi connectivity index (χ0v) is 13.1. The van der Waals surface area contributed by atoms with Crippen LogP contribution in [0.5, 0.6) is 0 Å². The highest BCUT2D eigenvalue weighted by Gasteiger charge is 2.46. The summed E-state index contributed by atoms with van der Waals surface area (Å²) in [6, 6.07) is 0. The molecule has 0 heterocycles. The van der Waals surface area contributed by atoms with Crippen LogP contribution in [0, 0.1) is 17.8 Å². The number of esters is 1. The van der Waals surface area contributed by atoms with Gasteiger partial charge >= 0.3 is 5.97 Å². The van der Waals surface area contributed by atoms with Gasteiger partial charge in [0, 0.05) is 12.8 Å². The molecule has 0 saturated heterocycles. The van der Waals surface area contributed by atoms with Crippen LogP contribution in [0.25, 0.3) is 0 Å². The molecule has 0 aromatic rings. The van der Waals surface area contributed by atoms with Gasteiger partial charge < -0.3 is 9.84 Å². The predicted octanol–water partition coefficient (Wildman–Crippen LogP) is 3.24. The maximum absolute atomic E-state index is 11.3. The van der Waals surface area contributed by atoms with E-state index in [1.54, 1.807) is 0 Å². The molecule has 1 saturated carbocycles. The van der Waals surface area contributed by atoms with Crippen LogP contribution in [0.15, 0.2) is 22.8 Å². The van der Waals surface area contributed by atoms with Gasteiger partial charge in [-0.05, 0) is 51.0 Å². The highest BCUT2D eigenvalue weighted by Crippen LogP contribution is 2.47. The van der Waals surface area contributed by atoms with Crippen LogP contribution in [-0.4, -0.2) is 23.3 Å². The molecule has 20 heavy (non-hydrogen) atoms. The van der Waals surface area contributed by atoms with Crippen molar-refractivity contribution in [2.24, 2.45) is 17.8 Å². The van der Waals surface area contributed by atoms with Gasteiger partial charge in [0.1, 0.15) is 12.2 Å². The second-order valence-electron chi connectivity index (χ2n) is 6.57.